The van der Waals surface area contributed by atoms with Crippen molar-refractivity contribution in [2.24, 2.45) is 0 Å². The normalized spacial score (nSPS) is 16.9. The minimum absolute atomic E-state index is 0.0336. The van der Waals surface area contributed by atoms with Gasteiger partial charge in [-0.1, -0.05) is 19.1 Å². The topological polar surface area (TPSA) is 47.6 Å². The molecule has 1 aliphatic heterocycles. The number of nitrogens with one attached hydrogen (secondary N) is 2. The molecule has 1 heterocycles. The fourth-order valence-electron chi connectivity index (χ4n) is 2.22. The molecule has 0 aromatic heterocycles. The molecule has 1 aromatic carbocycles. The van der Waals surface area contributed by atoms with Crippen LogP contribution in [0, 0.1) is 0 Å². The van der Waals surface area contributed by atoms with E-state index in [2.05, 4.69) is 29.6 Å². The minimum atomic E-state index is -0.0336. The Balaban J connectivity index is 1.98. The zero-order chi connectivity index (χ0) is 14.4. The Kier molecular flexibility index (Phi) is 5.38. The van der Waals surface area contributed by atoms with Crippen LogP contribution in [0.1, 0.15) is 23.7 Å². The lowest BCUT2D eigenvalue weighted by atomic mass is 10.1. The zero-order valence-corrected chi connectivity index (χ0v) is 12.4. The summed E-state index contributed by atoms with van der Waals surface area (Å²) in [6.45, 7) is 6.68. The monoisotopic (exact) mass is 276 g/mol. The third-order valence-corrected chi connectivity index (χ3v) is 3.50. The molecule has 0 bridgehead atoms. The van der Waals surface area contributed by atoms with Gasteiger partial charge in [0.2, 0.25) is 0 Å². The second-order valence-corrected chi connectivity index (χ2v) is 5.20. The van der Waals surface area contributed by atoms with Gasteiger partial charge in [0.1, 0.15) is 0 Å². The smallest absolute Gasteiger partial charge is 0.267 e. The van der Waals surface area contributed by atoms with Gasteiger partial charge in [0, 0.05) is 38.4 Å². The number of hydrogen-bond acceptors (Lipinski definition) is 4. The number of carbonyl (C=O) groups is 1. The summed E-state index contributed by atoms with van der Waals surface area (Å²) in [4.78, 5) is 14.6. The molecule has 1 fully saturated rings. The third kappa shape index (κ3) is 3.95. The lowest BCUT2D eigenvalue weighted by molar-refractivity contribution is 0.0663. The summed E-state index contributed by atoms with van der Waals surface area (Å²) < 4.78 is 0. The summed E-state index contributed by atoms with van der Waals surface area (Å²) in [7, 11) is 2.10. The molecule has 2 rings (SSSR count). The summed E-state index contributed by atoms with van der Waals surface area (Å²) in [5.41, 5.74) is 4.61. The molecule has 0 saturated carbocycles. The molecular weight excluding hydrogens is 252 g/mol. The highest BCUT2D eigenvalue weighted by Crippen LogP contribution is 2.15. The molecule has 110 valence electrons. The molecular formula is C15H24N4O. The van der Waals surface area contributed by atoms with Crippen molar-refractivity contribution in [2.45, 2.75) is 13.3 Å². The Morgan fingerprint density at radius 2 is 1.90 bits per heavy atom. The molecule has 0 unspecified atom stereocenters. The fourth-order valence-corrected chi connectivity index (χ4v) is 2.22. The maximum absolute atomic E-state index is 12.4. The average molecular weight is 276 g/mol. The summed E-state index contributed by atoms with van der Waals surface area (Å²) in [5, 5.41) is 5.30. The van der Waals surface area contributed by atoms with E-state index < -0.39 is 0 Å². The van der Waals surface area contributed by atoms with E-state index in [4.69, 9.17) is 0 Å². The van der Waals surface area contributed by atoms with Gasteiger partial charge >= 0.3 is 0 Å². The number of rotatable bonds is 5. The van der Waals surface area contributed by atoms with Crippen LogP contribution in [0.3, 0.4) is 0 Å². The van der Waals surface area contributed by atoms with Crippen LogP contribution in [-0.4, -0.2) is 55.6 Å². The van der Waals surface area contributed by atoms with Crippen molar-refractivity contribution in [3.05, 3.63) is 29.8 Å². The van der Waals surface area contributed by atoms with E-state index in [1.807, 2.05) is 29.3 Å². The molecule has 0 radical (unpaired) electrons. The molecule has 2 N–H and O–H groups in total. The van der Waals surface area contributed by atoms with Crippen molar-refractivity contribution in [3.8, 4) is 0 Å². The number of hydrogen-bond donors (Lipinski definition) is 2. The van der Waals surface area contributed by atoms with Gasteiger partial charge in [-0.3, -0.25) is 10.2 Å². The Morgan fingerprint density at radius 1 is 1.20 bits per heavy atom. The molecule has 1 aromatic rings. The predicted molar refractivity (Wildman–Crippen MR) is 81.8 cm³/mol. The molecule has 1 amide bonds. The van der Waals surface area contributed by atoms with E-state index >= 15 is 0 Å². The number of likely N-dealkylation sites (N-methyl/N-ethyl adjacent to an activating group) is 1. The summed E-state index contributed by atoms with van der Waals surface area (Å²) in [6.07, 6.45) is 1.04. The second kappa shape index (κ2) is 7.26. The fraction of sp³-hybridized carbons (Fsp3) is 0.533. The second-order valence-electron chi connectivity index (χ2n) is 5.20. The summed E-state index contributed by atoms with van der Waals surface area (Å²) >= 11 is 0. The van der Waals surface area contributed by atoms with Crippen LogP contribution in [0.25, 0.3) is 0 Å². The molecule has 0 aliphatic carbocycles. The first-order valence-corrected chi connectivity index (χ1v) is 7.28. The Morgan fingerprint density at radius 3 is 2.60 bits per heavy atom. The average Bonchev–Trinajstić information content (AvgIpc) is 2.47. The van der Waals surface area contributed by atoms with Crippen molar-refractivity contribution in [1.29, 1.82) is 0 Å². The van der Waals surface area contributed by atoms with E-state index in [-0.39, 0.29) is 5.91 Å². The van der Waals surface area contributed by atoms with E-state index in [0.29, 0.717) is 5.56 Å². The number of nitrogens with zero attached hydrogens (tertiary/aromatic N) is 2. The van der Waals surface area contributed by atoms with Crippen molar-refractivity contribution in [2.75, 3.05) is 45.1 Å². The maximum Gasteiger partial charge on any atom is 0.267 e. The Bertz CT molecular complexity index is 441. The molecule has 0 spiro atoms. The highest BCUT2D eigenvalue weighted by Gasteiger charge is 2.17. The van der Waals surface area contributed by atoms with Crippen molar-refractivity contribution in [3.63, 3.8) is 0 Å². The number of para-hydroxylation sites is 1. The Labute approximate surface area is 120 Å². The third-order valence-electron chi connectivity index (χ3n) is 3.50. The molecule has 1 aliphatic rings. The lowest BCUT2D eigenvalue weighted by Crippen LogP contribution is -2.52. The first-order valence-electron chi connectivity index (χ1n) is 7.28. The molecule has 5 heteroatoms. The van der Waals surface area contributed by atoms with Crippen molar-refractivity contribution < 1.29 is 4.79 Å². The number of amides is 1. The van der Waals surface area contributed by atoms with Crippen LogP contribution >= 0.6 is 0 Å². The Hall–Kier alpha value is -1.59. The van der Waals surface area contributed by atoms with Gasteiger partial charge in [-0.25, -0.2) is 5.01 Å². The van der Waals surface area contributed by atoms with E-state index in [0.717, 1.165) is 44.8 Å². The number of piperazine rings is 1. The van der Waals surface area contributed by atoms with Crippen LogP contribution < -0.4 is 10.7 Å². The first-order chi connectivity index (χ1) is 9.70. The molecule has 1 saturated heterocycles. The number of anilines is 1. The molecule has 5 nitrogen and oxygen atoms in total. The standard InChI is InChI=1S/C15H24N4O/c1-3-8-16-14-7-5-4-6-13(14)15(20)17-19-11-9-18(2)10-12-19/h4-7,16H,3,8-12H2,1-2H3,(H,17,20). The highest BCUT2D eigenvalue weighted by molar-refractivity contribution is 5.99. The van der Waals surface area contributed by atoms with Crippen LogP contribution in [-0.2, 0) is 0 Å². The highest BCUT2D eigenvalue weighted by atomic mass is 16.2. The van der Waals surface area contributed by atoms with Crippen LogP contribution in [0.2, 0.25) is 0 Å². The van der Waals surface area contributed by atoms with Gasteiger partial charge in [0.15, 0.2) is 0 Å². The van der Waals surface area contributed by atoms with Crippen LogP contribution in [0.5, 0.6) is 0 Å². The van der Waals surface area contributed by atoms with Gasteiger partial charge in [-0.15, -0.1) is 0 Å². The zero-order valence-electron chi connectivity index (χ0n) is 12.4. The SMILES string of the molecule is CCCNc1ccccc1C(=O)NN1CCN(C)CC1. The van der Waals surface area contributed by atoms with Gasteiger partial charge in [-0.05, 0) is 25.6 Å². The van der Waals surface area contributed by atoms with Crippen LogP contribution in [0.4, 0.5) is 5.69 Å². The first kappa shape index (κ1) is 14.8. The number of carbonyl (C=O) groups excluding carboxylic acids is 1. The van der Waals surface area contributed by atoms with Gasteiger partial charge in [0.05, 0.1) is 5.56 Å². The van der Waals surface area contributed by atoms with E-state index in [1.165, 1.54) is 0 Å². The van der Waals surface area contributed by atoms with Crippen LogP contribution in [0.15, 0.2) is 24.3 Å². The summed E-state index contributed by atoms with van der Waals surface area (Å²) in [6, 6.07) is 7.67. The molecule has 20 heavy (non-hydrogen) atoms. The maximum atomic E-state index is 12.4. The van der Waals surface area contributed by atoms with Crippen molar-refractivity contribution in [1.82, 2.24) is 15.3 Å². The van der Waals surface area contributed by atoms with Gasteiger partial charge in [-0.2, -0.15) is 0 Å². The largest absolute Gasteiger partial charge is 0.384 e. The minimum Gasteiger partial charge on any atom is -0.384 e. The number of benzene rings is 1. The van der Waals surface area contributed by atoms with E-state index in [9.17, 15) is 4.79 Å². The van der Waals surface area contributed by atoms with Crippen molar-refractivity contribution >= 4 is 11.6 Å². The summed E-state index contributed by atoms with van der Waals surface area (Å²) in [5.74, 6) is -0.0336. The molecule has 0 atom stereocenters. The predicted octanol–water partition coefficient (Wildman–Crippen LogP) is 1.40. The van der Waals surface area contributed by atoms with E-state index in [1.54, 1.807) is 0 Å². The van der Waals surface area contributed by atoms with Gasteiger partial charge < -0.3 is 10.2 Å². The quantitative estimate of drug-likeness (QED) is 0.853. The van der Waals surface area contributed by atoms with Gasteiger partial charge in [0.25, 0.3) is 5.91 Å². The number of hydrazine groups is 1. The lowest BCUT2D eigenvalue weighted by Gasteiger charge is -2.32.